The van der Waals surface area contributed by atoms with Gasteiger partial charge in [-0.15, -0.1) is 0 Å². The maximum atomic E-state index is 13.3. The van der Waals surface area contributed by atoms with Gasteiger partial charge in [-0.3, -0.25) is 5.10 Å². The third kappa shape index (κ3) is 4.00. The lowest BCUT2D eigenvalue weighted by Gasteiger charge is -2.36. The first-order chi connectivity index (χ1) is 13.8. The van der Waals surface area contributed by atoms with Crippen LogP contribution in [-0.4, -0.2) is 41.4 Å². The Hall–Kier alpha value is -2.81. The number of anilines is 2. The van der Waals surface area contributed by atoms with Crippen LogP contribution in [0, 0.1) is 5.82 Å². The summed E-state index contributed by atoms with van der Waals surface area (Å²) in [7, 11) is 0. The van der Waals surface area contributed by atoms with Gasteiger partial charge >= 0.3 is 6.18 Å². The molecule has 0 spiro atoms. The van der Waals surface area contributed by atoms with Crippen LogP contribution in [0.2, 0.25) is 5.02 Å². The van der Waals surface area contributed by atoms with Crippen LogP contribution in [0.1, 0.15) is 5.56 Å². The first-order valence-corrected chi connectivity index (χ1v) is 9.23. The van der Waals surface area contributed by atoms with E-state index in [4.69, 9.17) is 11.6 Å². The van der Waals surface area contributed by atoms with E-state index in [1.807, 2.05) is 4.90 Å². The topological polar surface area (TPSA) is 48.1 Å². The lowest BCUT2D eigenvalue weighted by molar-refractivity contribution is -0.137. The van der Waals surface area contributed by atoms with Crippen molar-refractivity contribution in [2.45, 2.75) is 6.18 Å². The van der Waals surface area contributed by atoms with E-state index in [0.29, 0.717) is 43.3 Å². The summed E-state index contributed by atoms with van der Waals surface area (Å²) in [5, 5.41) is 7.18. The number of hydrogen-bond acceptors (Lipinski definition) is 4. The second kappa shape index (κ2) is 7.55. The van der Waals surface area contributed by atoms with Gasteiger partial charge < -0.3 is 9.80 Å². The maximum absolute atomic E-state index is 13.3. The van der Waals surface area contributed by atoms with Crippen LogP contribution in [-0.2, 0) is 6.18 Å². The number of nitrogens with zero attached hydrogens (tertiary/aromatic N) is 4. The second-order valence-electron chi connectivity index (χ2n) is 6.62. The number of aromatic nitrogens is 3. The Kier molecular flexibility index (Phi) is 5.08. The van der Waals surface area contributed by atoms with Gasteiger partial charge in [0, 0.05) is 44.0 Å². The van der Waals surface area contributed by atoms with E-state index < -0.39 is 17.6 Å². The second-order valence-corrected chi connectivity index (χ2v) is 7.02. The number of halogens is 5. The highest BCUT2D eigenvalue weighted by Gasteiger charge is 2.36. The summed E-state index contributed by atoms with van der Waals surface area (Å²) < 4.78 is 53.1. The molecule has 1 aliphatic rings. The molecule has 0 aliphatic carbocycles. The fraction of sp³-hybridized carbons (Fsp3) is 0.263. The van der Waals surface area contributed by atoms with Gasteiger partial charge in [0.25, 0.3) is 0 Å². The van der Waals surface area contributed by atoms with Crippen molar-refractivity contribution in [3.05, 3.63) is 59.0 Å². The van der Waals surface area contributed by atoms with Crippen molar-refractivity contribution < 1.29 is 17.6 Å². The number of piperazine rings is 1. The molecule has 1 aliphatic heterocycles. The molecule has 1 N–H and O–H groups in total. The van der Waals surface area contributed by atoms with Gasteiger partial charge in [0.2, 0.25) is 0 Å². The minimum Gasteiger partial charge on any atom is -0.353 e. The lowest BCUT2D eigenvalue weighted by Crippen LogP contribution is -2.47. The summed E-state index contributed by atoms with van der Waals surface area (Å²) in [4.78, 5) is 7.55. The minimum absolute atomic E-state index is 0.0168. The Morgan fingerprint density at radius 2 is 1.72 bits per heavy atom. The smallest absolute Gasteiger partial charge is 0.353 e. The van der Waals surface area contributed by atoms with Gasteiger partial charge in [0.1, 0.15) is 11.6 Å². The lowest BCUT2D eigenvalue weighted by atomic mass is 10.1. The van der Waals surface area contributed by atoms with Crippen LogP contribution in [0.3, 0.4) is 0 Å². The molecule has 152 valence electrons. The predicted molar refractivity (Wildman–Crippen MR) is 103 cm³/mol. The Bertz CT molecular complexity index is 1010. The van der Waals surface area contributed by atoms with E-state index >= 15 is 0 Å². The van der Waals surface area contributed by atoms with Crippen LogP contribution in [0.5, 0.6) is 0 Å². The zero-order valence-corrected chi connectivity index (χ0v) is 15.8. The molecule has 5 nitrogen and oxygen atoms in total. The quantitative estimate of drug-likeness (QED) is 0.623. The van der Waals surface area contributed by atoms with Crippen molar-refractivity contribution in [3.63, 3.8) is 0 Å². The molecule has 0 amide bonds. The average molecular weight is 426 g/mol. The van der Waals surface area contributed by atoms with Crippen molar-refractivity contribution in [1.29, 1.82) is 0 Å². The molecule has 0 bridgehead atoms. The molecule has 0 radical (unpaired) electrons. The minimum atomic E-state index is -4.45. The first-order valence-electron chi connectivity index (χ1n) is 8.86. The molecule has 3 heterocycles. The van der Waals surface area contributed by atoms with Gasteiger partial charge in [0.05, 0.1) is 16.3 Å². The summed E-state index contributed by atoms with van der Waals surface area (Å²) in [5.74, 6) is 0.111. The van der Waals surface area contributed by atoms with Gasteiger partial charge in [-0.2, -0.15) is 18.3 Å². The Balaban J connectivity index is 1.47. The number of aromatic amines is 1. The molecule has 29 heavy (non-hydrogen) atoms. The Labute approximate surface area is 168 Å². The van der Waals surface area contributed by atoms with E-state index in [1.54, 1.807) is 17.0 Å². The van der Waals surface area contributed by atoms with Crippen LogP contribution in [0.15, 0.2) is 42.6 Å². The van der Waals surface area contributed by atoms with Crippen molar-refractivity contribution >= 4 is 23.2 Å². The molecule has 1 aromatic carbocycles. The zero-order valence-electron chi connectivity index (χ0n) is 15.0. The van der Waals surface area contributed by atoms with Crippen LogP contribution < -0.4 is 9.80 Å². The zero-order chi connectivity index (χ0) is 20.6. The van der Waals surface area contributed by atoms with Crippen molar-refractivity contribution in [2.75, 3.05) is 36.0 Å². The number of rotatable bonds is 3. The van der Waals surface area contributed by atoms with Crippen LogP contribution in [0.25, 0.3) is 11.3 Å². The molecule has 4 rings (SSSR count). The SMILES string of the molecule is Fc1ccc(-c2cc(N3CCN(c4ncccc4C(F)(F)F)CC3)n[nH]2)cc1Cl. The highest BCUT2D eigenvalue weighted by Crippen LogP contribution is 2.35. The summed E-state index contributed by atoms with van der Waals surface area (Å²) in [6.07, 6.45) is -3.08. The molecule has 1 fully saturated rings. The molecule has 0 atom stereocenters. The Morgan fingerprint density at radius 3 is 2.41 bits per heavy atom. The maximum Gasteiger partial charge on any atom is 0.419 e. The van der Waals surface area contributed by atoms with Gasteiger partial charge in [-0.25, -0.2) is 9.37 Å². The highest BCUT2D eigenvalue weighted by molar-refractivity contribution is 6.31. The standard InChI is InChI=1S/C19H16ClF4N5/c20-14-10-12(3-4-15(14)21)16-11-17(27-26-16)28-6-8-29(9-7-28)18-13(19(22,23)24)2-1-5-25-18/h1-5,10-11H,6-9H2,(H,26,27). The highest BCUT2D eigenvalue weighted by atomic mass is 35.5. The summed E-state index contributed by atoms with van der Waals surface area (Å²) in [5.41, 5.74) is 0.634. The summed E-state index contributed by atoms with van der Waals surface area (Å²) in [6, 6.07) is 8.52. The third-order valence-corrected chi connectivity index (χ3v) is 5.08. The molecule has 0 unspecified atom stereocenters. The van der Waals surface area contributed by atoms with Crippen LogP contribution in [0.4, 0.5) is 29.2 Å². The molecule has 3 aromatic rings. The van der Waals surface area contributed by atoms with E-state index in [2.05, 4.69) is 15.2 Å². The third-order valence-electron chi connectivity index (χ3n) is 4.79. The summed E-state index contributed by atoms with van der Waals surface area (Å²) in [6.45, 7) is 1.74. The molecule has 2 aromatic heterocycles. The predicted octanol–water partition coefficient (Wildman–Crippen LogP) is 4.61. The van der Waals surface area contributed by atoms with Crippen molar-refractivity contribution in [2.24, 2.45) is 0 Å². The molecule has 0 saturated carbocycles. The van der Waals surface area contributed by atoms with Crippen LogP contribution >= 0.6 is 11.6 Å². The first kappa shape index (κ1) is 19.5. The number of pyridine rings is 1. The average Bonchev–Trinajstić information content (AvgIpc) is 3.20. The largest absolute Gasteiger partial charge is 0.419 e. The molecular weight excluding hydrogens is 410 g/mol. The monoisotopic (exact) mass is 425 g/mol. The fourth-order valence-corrected chi connectivity index (χ4v) is 3.48. The van der Waals surface area contributed by atoms with E-state index in [9.17, 15) is 17.6 Å². The van der Waals surface area contributed by atoms with Gasteiger partial charge in [0.15, 0.2) is 5.82 Å². The fourth-order valence-electron chi connectivity index (χ4n) is 3.30. The normalized spacial score (nSPS) is 15.1. The van der Waals surface area contributed by atoms with Crippen molar-refractivity contribution in [3.8, 4) is 11.3 Å². The number of alkyl halides is 3. The summed E-state index contributed by atoms with van der Waals surface area (Å²) >= 11 is 5.83. The molecular formula is C19H16ClF4N5. The number of nitrogens with one attached hydrogen (secondary N) is 1. The van der Waals surface area contributed by atoms with Gasteiger partial charge in [-0.1, -0.05) is 11.6 Å². The number of hydrogen-bond donors (Lipinski definition) is 1. The van der Waals surface area contributed by atoms with Crippen molar-refractivity contribution in [1.82, 2.24) is 15.2 Å². The molecule has 10 heteroatoms. The van der Waals surface area contributed by atoms with Gasteiger partial charge in [-0.05, 0) is 30.3 Å². The molecule has 1 saturated heterocycles. The van der Waals surface area contributed by atoms with E-state index in [0.717, 1.165) is 6.07 Å². The van der Waals surface area contributed by atoms with E-state index in [-0.39, 0.29) is 10.8 Å². The van der Waals surface area contributed by atoms with E-state index in [1.165, 1.54) is 24.4 Å². The number of H-pyrrole nitrogens is 1. The Morgan fingerprint density at radius 1 is 1.00 bits per heavy atom. The number of benzene rings is 1.